The number of aldehydes is 1. The molecule has 70 valence electrons. The summed E-state index contributed by atoms with van der Waals surface area (Å²) in [5.41, 5.74) is -0.304. The molecule has 1 rings (SSSR count). The van der Waals surface area contributed by atoms with Gasteiger partial charge in [0, 0.05) is 25.7 Å². The van der Waals surface area contributed by atoms with Crippen molar-refractivity contribution in [2.75, 3.05) is 19.6 Å². The molecule has 0 aromatic carbocycles. The zero-order valence-electron chi connectivity index (χ0n) is 8.13. The smallest absolute Gasteiger partial charge is 0.139 e. The number of carbonyl (C=O) groups excluding carboxylic acids is 1. The topological polar surface area (TPSA) is 32.3 Å². The summed E-state index contributed by atoms with van der Waals surface area (Å²) in [5.74, 6) is 0. The van der Waals surface area contributed by atoms with Crippen molar-refractivity contribution in [2.45, 2.75) is 32.4 Å². The summed E-state index contributed by atoms with van der Waals surface area (Å²) >= 11 is 0. The Morgan fingerprint density at radius 2 is 2.25 bits per heavy atom. The molecular formula is C9H18N2O. The van der Waals surface area contributed by atoms with Gasteiger partial charge in [0.25, 0.3) is 0 Å². The van der Waals surface area contributed by atoms with Crippen LogP contribution in [0.25, 0.3) is 0 Å². The average Bonchev–Trinajstić information content (AvgIpc) is 2.05. The third-order valence-corrected chi connectivity index (χ3v) is 2.53. The highest BCUT2D eigenvalue weighted by Gasteiger charge is 2.31. The van der Waals surface area contributed by atoms with Gasteiger partial charge in [0.1, 0.15) is 6.29 Å². The van der Waals surface area contributed by atoms with Crippen LogP contribution in [0.2, 0.25) is 0 Å². The Balaban J connectivity index is 2.64. The number of piperazine rings is 1. The summed E-state index contributed by atoms with van der Waals surface area (Å²) in [6.07, 6.45) is 1.04. The zero-order valence-corrected chi connectivity index (χ0v) is 8.13. The van der Waals surface area contributed by atoms with E-state index in [1.165, 1.54) is 0 Å². The van der Waals surface area contributed by atoms with E-state index in [9.17, 15) is 4.79 Å². The molecule has 3 nitrogen and oxygen atoms in total. The molecule has 1 atom stereocenters. The molecule has 3 heteroatoms. The standard InChI is InChI=1S/C9H18N2O/c1-8-6-10-4-5-11(8)9(2,3)7-12/h7-8,10H,4-6H2,1-3H3. The summed E-state index contributed by atoms with van der Waals surface area (Å²) in [6, 6.07) is 0.457. The molecule has 0 saturated carbocycles. The predicted octanol–water partition coefficient (Wildman–Crippen LogP) is 0.258. The van der Waals surface area contributed by atoms with Crippen LogP contribution in [0.5, 0.6) is 0 Å². The molecule has 0 aromatic heterocycles. The van der Waals surface area contributed by atoms with Crippen molar-refractivity contribution < 1.29 is 4.79 Å². The number of nitrogens with one attached hydrogen (secondary N) is 1. The van der Waals surface area contributed by atoms with Crippen molar-refractivity contribution in [2.24, 2.45) is 0 Å². The van der Waals surface area contributed by atoms with Crippen LogP contribution in [0.3, 0.4) is 0 Å². The summed E-state index contributed by atoms with van der Waals surface area (Å²) in [5, 5.41) is 3.30. The number of rotatable bonds is 2. The summed E-state index contributed by atoms with van der Waals surface area (Å²) in [7, 11) is 0. The van der Waals surface area contributed by atoms with E-state index in [1.807, 2.05) is 13.8 Å². The molecule has 1 unspecified atom stereocenters. The van der Waals surface area contributed by atoms with E-state index in [2.05, 4.69) is 17.1 Å². The molecule has 1 saturated heterocycles. The third kappa shape index (κ3) is 1.84. The summed E-state index contributed by atoms with van der Waals surface area (Å²) in [4.78, 5) is 13.1. The molecule has 1 N–H and O–H groups in total. The van der Waals surface area contributed by atoms with E-state index in [1.54, 1.807) is 0 Å². The first kappa shape index (κ1) is 9.68. The first-order valence-corrected chi connectivity index (χ1v) is 4.52. The van der Waals surface area contributed by atoms with Gasteiger partial charge in [0.05, 0.1) is 5.54 Å². The van der Waals surface area contributed by atoms with E-state index >= 15 is 0 Å². The van der Waals surface area contributed by atoms with Crippen molar-refractivity contribution in [3.8, 4) is 0 Å². The lowest BCUT2D eigenvalue weighted by Crippen LogP contribution is -2.58. The molecule has 0 bridgehead atoms. The van der Waals surface area contributed by atoms with Gasteiger partial charge in [-0.05, 0) is 20.8 Å². The van der Waals surface area contributed by atoms with Gasteiger partial charge in [-0.1, -0.05) is 0 Å². The van der Waals surface area contributed by atoms with Crippen LogP contribution in [0.4, 0.5) is 0 Å². The molecule has 1 heterocycles. The quantitative estimate of drug-likeness (QED) is 0.603. The fraction of sp³-hybridized carbons (Fsp3) is 0.889. The molecule has 0 spiro atoms. The van der Waals surface area contributed by atoms with Crippen molar-refractivity contribution >= 4 is 6.29 Å². The molecule has 0 amide bonds. The van der Waals surface area contributed by atoms with E-state index in [0.29, 0.717) is 6.04 Å². The second-order valence-electron chi connectivity index (χ2n) is 4.02. The molecule has 0 aliphatic carbocycles. The maximum Gasteiger partial charge on any atom is 0.139 e. The number of nitrogens with zero attached hydrogens (tertiary/aromatic N) is 1. The minimum atomic E-state index is -0.304. The first-order valence-electron chi connectivity index (χ1n) is 4.52. The Kier molecular flexibility index (Phi) is 2.85. The molecular weight excluding hydrogens is 152 g/mol. The summed E-state index contributed by atoms with van der Waals surface area (Å²) in [6.45, 7) is 9.03. The fourth-order valence-corrected chi connectivity index (χ4v) is 1.76. The SMILES string of the molecule is CC1CNCCN1C(C)(C)C=O. The molecule has 1 aliphatic rings. The van der Waals surface area contributed by atoms with Crippen molar-refractivity contribution in [3.63, 3.8) is 0 Å². The van der Waals surface area contributed by atoms with Crippen LogP contribution in [0.1, 0.15) is 20.8 Å². The number of hydrogen-bond acceptors (Lipinski definition) is 3. The highest BCUT2D eigenvalue weighted by Crippen LogP contribution is 2.16. The Morgan fingerprint density at radius 1 is 1.58 bits per heavy atom. The van der Waals surface area contributed by atoms with Crippen LogP contribution in [-0.4, -0.2) is 42.4 Å². The van der Waals surface area contributed by atoms with E-state index in [4.69, 9.17) is 0 Å². The van der Waals surface area contributed by atoms with Crippen molar-refractivity contribution in [3.05, 3.63) is 0 Å². The van der Waals surface area contributed by atoms with Crippen LogP contribution in [0.15, 0.2) is 0 Å². The van der Waals surface area contributed by atoms with Crippen LogP contribution in [0, 0.1) is 0 Å². The minimum absolute atomic E-state index is 0.304. The van der Waals surface area contributed by atoms with Gasteiger partial charge in [0.15, 0.2) is 0 Å². The van der Waals surface area contributed by atoms with E-state index in [0.717, 1.165) is 25.9 Å². The van der Waals surface area contributed by atoms with Gasteiger partial charge in [0.2, 0.25) is 0 Å². The lowest BCUT2D eigenvalue weighted by atomic mass is 10.0. The zero-order chi connectivity index (χ0) is 9.19. The first-order chi connectivity index (χ1) is 5.58. The maximum atomic E-state index is 10.8. The molecule has 0 aromatic rings. The van der Waals surface area contributed by atoms with Gasteiger partial charge >= 0.3 is 0 Å². The van der Waals surface area contributed by atoms with Crippen molar-refractivity contribution in [1.82, 2.24) is 10.2 Å². The third-order valence-electron chi connectivity index (χ3n) is 2.53. The Morgan fingerprint density at radius 3 is 2.75 bits per heavy atom. The van der Waals surface area contributed by atoms with Crippen LogP contribution >= 0.6 is 0 Å². The lowest BCUT2D eigenvalue weighted by molar-refractivity contribution is -0.118. The van der Waals surface area contributed by atoms with Gasteiger partial charge in [-0.3, -0.25) is 4.90 Å². The normalized spacial score (nSPS) is 27.1. The lowest BCUT2D eigenvalue weighted by Gasteiger charge is -2.42. The largest absolute Gasteiger partial charge is 0.314 e. The van der Waals surface area contributed by atoms with Crippen LogP contribution < -0.4 is 5.32 Å². The highest BCUT2D eigenvalue weighted by molar-refractivity contribution is 5.62. The highest BCUT2D eigenvalue weighted by atomic mass is 16.1. The average molecular weight is 170 g/mol. The number of carbonyl (C=O) groups is 1. The second kappa shape index (κ2) is 3.54. The van der Waals surface area contributed by atoms with E-state index < -0.39 is 0 Å². The van der Waals surface area contributed by atoms with Gasteiger partial charge in [-0.2, -0.15) is 0 Å². The summed E-state index contributed by atoms with van der Waals surface area (Å²) < 4.78 is 0. The van der Waals surface area contributed by atoms with Crippen molar-refractivity contribution in [1.29, 1.82) is 0 Å². The van der Waals surface area contributed by atoms with Gasteiger partial charge in [-0.15, -0.1) is 0 Å². The second-order valence-corrected chi connectivity index (χ2v) is 4.02. The monoisotopic (exact) mass is 170 g/mol. The predicted molar refractivity (Wildman–Crippen MR) is 49.2 cm³/mol. The Hall–Kier alpha value is -0.410. The Labute approximate surface area is 74.1 Å². The minimum Gasteiger partial charge on any atom is -0.314 e. The number of hydrogen-bond donors (Lipinski definition) is 1. The molecule has 1 fully saturated rings. The van der Waals surface area contributed by atoms with Gasteiger partial charge in [-0.25, -0.2) is 0 Å². The van der Waals surface area contributed by atoms with Gasteiger partial charge < -0.3 is 10.1 Å². The maximum absolute atomic E-state index is 10.8. The molecule has 0 radical (unpaired) electrons. The Bertz CT molecular complexity index is 168. The molecule has 12 heavy (non-hydrogen) atoms. The van der Waals surface area contributed by atoms with Crippen LogP contribution in [-0.2, 0) is 4.79 Å². The fourth-order valence-electron chi connectivity index (χ4n) is 1.76. The van der Waals surface area contributed by atoms with E-state index in [-0.39, 0.29) is 5.54 Å². The molecule has 1 aliphatic heterocycles.